The number of hydrogen-bond donors (Lipinski definition) is 1. The highest BCUT2D eigenvalue weighted by molar-refractivity contribution is 5.11. The van der Waals surface area contributed by atoms with E-state index in [2.05, 4.69) is 36.2 Å². The largest absolute Gasteiger partial charge is 0.465 e. The molecule has 100 valence electrons. The van der Waals surface area contributed by atoms with E-state index in [0.717, 1.165) is 37.1 Å². The molecular weight excluding hydrogens is 224 g/mol. The standard InChI is InChI=1S/C15H24N2O/c1-11-4-7-14(18-11)12(2)17-9-8-16-15(3,10-17)13-5-6-13/h4,7,12-13,16H,5-6,8-10H2,1-3H3. The Morgan fingerprint density at radius 1 is 1.44 bits per heavy atom. The van der Waals surface area contributed by atoms with Gasteiger partial charge in [0.05, 0.1) is 6.04 Å². The van der Waals surface area contributed by atoms with Crippen LogP contribution in [0.1, 0.15) is 44.3 Å². The fourth-order valence-corrected chi connectivity index (χ4v) is 3.22. The average molecular weight is 248 g/mol. The van der Waals surface area contributed by atoms with Gasteiger partial charge in [0, 0.05) is 25.2 Å². The molecule has 2 aliphatic rings. The van der Waals surface area contributed by atoms with Crippen LogP contribution in [0.4, 0.5) is 0 Å². The lowest BCUT2D eigenvalue weighted by molar-refractivity contribution is 0.0853. The van der Waals surface area contributed by atoms with E-state index in [9.17, 15) is 0 Å². The zero-order valence-electron chi connectivity index (χ0n) is 11.7. The maximum Gasteiger partial charge on any atom is 0.121 e. The number of hydrogen-bond acceptors (Lipinski definition) is 3. The summed E-state index contributed by atoms with van der Waals surface area (Å²) in [6.07, 6.45) is 2.79. The molecule has 1 aliphatic carbocycles. The maximum atomic E-state index is 5.78. The quantitative estimate of drug-likeness (QED) is 0.891. The van der Waals surface area contributed by atoms with Crippen LogP contribution in [0, 0.1) is 12.8 Å². The van der Waals surface area contributed by atoms with Crippen LogP contribution >= 0.6 is 0 Å². The molecule has 2 heterocycles. The van der Waals surface area contributed by atoms with Gasteiger partial charge >= 0.3 is 0 Å². The number of nitrogens with zero attached hydrogens (tertiary/aromatic N) is 1. The summed E-state index contributed by atoms with van der Waals surface area (Å²) < 4.78 is 5.78. The van der Waals surface area contributed by atoms with Crippen LogP contribution < -0.4 is 5.32 Å². The Hall–Kier alpha value is -0.800. The van der Waals surface area contributed by atoms with E-state index in [-0.39, 0.29) is 0 Å². The van der Waals surface area contributed by atoms with Crippen LogP contribution in [0.25, 0.3) is 0 Å². The average Bonchev–Trinajstić information content (AvgIpc) is 3.12. The number of aryl methyl sites for hydroxylation is 1. The monoisotopic (exact) mass is 248 g/mol. The first-order chi connectivity index (χ1) is 8.58. The van der Waals surface area contributed by atoms with Gasteiger partial charge < -0.3 is 9.73 Å². The van der Waals surface area contributed by atoms with Gasteiger partial charge in [-0.05, 0) is 51.7 Å². The second kappa shape index (κ2) is 4.39. The molecule has 18 heavy (non-hydrogen) atoms. The predicted octanol–water partition coefficient (Wildman–Crippen LogP) is 2.72. The maximum absolute atomic E-state index is 5.78. The molecule has 0 spiro atoms. The molecule has 0 bridgehead atoms. The Morgan fingerprint density at radius 2 is 2.22 bits per heavy atom. The predicted molar refractivity (Wildman–Crippen MR) is 72.6 cm³/mol. The van der Waals surface area contributed by atoms with Gasteiger partial charge in [-0.1, -0.05) is 0 Å². The highest BCUT2D eigenvalue weighted by atomic mass is 16.3. The molecular formula is C15H24N2O. The van der Waals surface area contributed by atoms with Gasteiger partial charge in [-0.2, -0.15) is 0 Å². The van der Waals surface area contributed by atoms with Crippen molar-refractivity contribution in [1.29, 1.82) is 0 Å². The lowest BCUT2D eigenvalue weighted by Crippen LogP contribution is -2.60. The van der Waals surface area contributed by atoms with Crippen LogP contribution in [0.3, 0.4) is 0 Å². The lowest BCUT2D eigenvalue weighted by Gasteiger charge is -2.44. The Labute approximate surface area is 110 Å². The summed E-state index contributed by atoms with van der Waals surface area (Å²) in [5.41, 5.74) is 0.314. The van der Waals surface area contributed by atoms with Crippen molar-refractivity contribution in [2.45, 2.75) is 45.2 Å². The number of furan rings is 1. The minimum absolute atomic E-state index is 0.314. The summed E-state index contributed by atoms with van der Waals surface area (Å²) in [6.45, 7) is 10.0. The molecule has 2 fully saturated rings. The number of piperazine rings is 1. The molecule has 0 aromatic carbocycles. The van der Waals surface area contributed by atoms with Crippen LogP contribution in [0.2, 0.25) is 0 Å². The summed E-state index contributed by atoms with van der Waals surface area (Å²) in [6, 6.07) is 4.57. The SMILES string of the molecule is Cc1ccc(C(C)N2CCNC(C)(C3CC3)C2)o1. The lowest BCUT2D eigenvalue weighted by atomic mass is 9.92. The van der Waals surface area contributed by atoms with Crippen molar-refractivity contribution in [3.05, 3.63) is 23.7 Å². The van der Waals surface area contributed by atoms with Gasteiger partial charge in [0.2, 0.25) is 0 Å². The van der Waals surface area contributed by atoms with E-state index in [0.29, 0.717) is 11.6 Å². The second-order valence-corrected chi connectivity index (χ2v) is 6.21. The van der Waals surface area contributed by atoms with Crippen molar-refractivity contribution in [3.63, 3.8) is 0 Å². The van der Waals surface area contributed by atoms with Crippen molar-refractivity contribution in [2.24, 2.45) is 5.92 Å². The van der Waals surface area contributed by atoms with Crippen molar-refractivity contribution >= 4 is 0 Å². The summed E-state index contributed by atoms with van der Waals surface area (Å²) in [7, 11) is 0. The Bertz CT molecular complexity index is 424. The molecule has 2 unspecified atom stereocenters. The second-order valence-electron chi connectivity index (χ2n) is 6.21. The number of rotatable bonds is 3. The van der Waals surface area contributed by atoms with Gasteiger partial charge in [0.25, 0.3) is 0 Å². The van der Waals surface area contributed by atoms with Gasteiger partial charge in [-0.15, -0.1) is 0 Å². The molecule has 1 aromatic rings. The smallest absolute Gasteiger partial charge is 0.121 e. The molecule has 3 nitrogen and oxygen atoms in total. The van der Waals surface area contributed by atoms with Crippen LogP contribution in [-0.2, 0) is 0 Å². The molecule has 1 aliphatic heterocycles. The third-order valence-corrected chi connectivity index (χ3v) is 4.66. The fraction of sp³-hybridized carbons (Fsp3) is 0.733. The van der Waals surface area contributed by atoms with Gasteiger partial charge in [0.1, 0.15) is 11.5 Å². The molecule has 3 rings (SSSR count). The van der Waals surface area contributed by atoms with E-state index < -0.39 is 0 Å². The Morgan fingerprint density at radius 3 is 2.83 bits per heavy atom. The van der Waals surface area contributed by atoms with Crippen LogP contribution in [-0.4, -0.2) is 30.1 Å². The van der Waals surface area contributed by atoms with Crippen molar-refractivity contribution in [2.75, 3.05) is 19.6 Å². The van der Waals surface area contributed by atoms with E-state index in [1.165, 1.54) is 12.8 Å². The zero-order valence-corrected chi connectivity index (χ0v) is 11.7. The van der Waals surface area contributed by atoms with Crippen molar-refractivity contribution < 1.29 is 4.42 Å². The van der Waals surface area contributed by atoms with Gasteiger partial charge in [-0.25, -0.2) is 0 Å². The zero-order chi connectivity index (χ0) is 12.8. The van der Waals surface area contributed by atoms with Crippen LogP contribution in [0.15, 0.2) is 16.5 Å². The first-order valence-electron chi connectivity index (χ1n) is 7.14. The van der Waals surface area contributed by atoms with Gasteiger partial charge in [0.15, 0.2) is 0 Å². The molecule has 0 amide bonds. The highest BCUT2D eigenvalue weighted by Gasteiger charge is 2.44. The minimum Gasteiger partial charge on any atom is -0.465 e. The number of nitrogens with one attached hydrogen (secondary N) is 1. The summed E-state index contributed by atoms with van der Waals surface area (Å²) >= 11 is 0. The molecule has 0 radical (unpaired) electrons. The minimum atomic E-state index is 0.314. The summed E-state index contributed by atoms with van der Waals surface area (Å²) in [4.78, 5) is 2.56. The third-order valence-electron chi connectivity index (χ3n) is 4.66. The Kier molecular flexibility index (Phi) is 2.99. The molecule has 1 aromatic heterocycles. The molecule has 1 saturated heterocycles. The first kappa shape index (κ1) is 12.2. The van der Waals surface area contributed by atoms with E-state index in [4.69, 9.17) is 4.42 Å². The van der Waals surface area contributed by atoms with Crippen molar-refractivity contribution in [1.82, 2.24) is 10.2 Å². The fourth-order valence-electron chi connectivity index (χ4n) is 3.22. The molecule has 1 N–H and O–H groups in total. The highest BCUT2D eigenvalue weighted by Crippen LogP contribution is 2.41. The summed E-state index contributed by atoms with van der Waals surface area (Å²) in [5, 5.41) is 3.73. The van der Waals surface area contributed by atoms with E-state index >= 15 is 0 Å². The first-order valence-corrected chi connectivity index (χ1v) is 7.14. The molecule has 2 atom stereocenters. The van der Waals surface area contributed by atoms with Crippen LogP contribution in [0.5, 0.6) is 0 Å². The molecule has 3 heteroatoms. The summed E-state index contributed by atoms with van der Waals surface area (Å²) in [5.74, 6) is 3.00. The van der Waals surface area contributed by atoms with E-state index in [1.807, 2.05) is 6.92 Å². The topological polar surface area (TPSA) is 28.4 Å². The Balaban J connectivity index is 1.71. The normalized spacial score (nSPS) is 31.5. The third kappa shape index (κ3) is 2.21. The van der Waals surface area contributed by atoms with Crippen molar-refractivity contribution in [3.8, 4) is 0 Å². The molecule has 1 saturated carbocycles. The van der Waals surface area contributed by atoms with Gasteiger partial charge in [-0.3, -0.25) is 4.90 Å². The van der Waals surface area contributed by atoms with E-state index in [1.54, 1.807) is 0 Å².